The number of nitrogens with two attached hydrogens (primary N) is 1. The summed E-state index contributed by atoms with van der Waals surface area (Å²) in [5.41, 5.74) is 6.43. The van der Waals surface area contributed by atoms with Gasteiger partial charge in [0.15, 0.2) is 0 Å². The molecule has 26 heavy (non-hydrogen) atoms. The minimum Gasteiger partial charge on any atom is -0.480 e. The Labute approximate surface area is 153 Å². The fourth-order valence-electron chi connectivity index (χ4n) is 2.33. The van der Waals surface area contributed by atoms with Gasteiger partial charge in [0.1, 0.15) is 12.1 Å². The van der Waals surface area contributed by atoms with Gasteiger partial charge < -0.3 is 26.5 Å². The van der Waals surface area contributed by atoms with E-state index in [0.717, 1.165) is 0 Å². The minimum atomic E-state index is -1.17. The number of H-pyrrole nitrogens is 1. The highest BCUT2D eigenvalue weighted by molar-refractivity contribution is 5.92. The van der Waals surface area contributed by atoms with Gasteiger partial charge in [-0.3, -0.25) is 9.59 Å². The standard InChI is InChI=1S/C17H29N5O4/c1-5-10(4)14(22-15(23)13(18)9(2)3)16(24)21-12(17(25)26)6-11-7-19-8-20-11/h7-10,12-14H,5-6,18H2,1-4H3,(H,19,20)(H,21,24)(H,22,23)(H,25,26)/t10-,12-,13-,14-/m0/s1. The molecule has 9 nitrogen and oxygen atoms in total. The Morgan fingerprint density at radius 2 is 1.88 bits per heavy atom. The van der Waals surface area contributed by atoms with Crippen molar-refractivity contribution in [2.24, 2.45) is 17.6 Å². The Bertz CT molecular complexity index is 602. The smallest absolute Gasteiger partial charge is 0.326 e. The van der Waals surface area contributed by atoms with E-state index in [4.69, 9.17) is 5.73 Å². The number of aliphatic carboxylic acids is 1. The van der Waals surface area contributed by atoms with Crippen molar-refractivity contribution in [1.29, 1.82) is 0 Å². The summed E-state index contributed by atoms with van der Waals surface area (Å²) in [6.45, 7) is 7.33. The van der Waals surface area contributed by atoms with Crippen LogP contribution in [0.2, 0.25) is 0 Å². The molecule has 0 saturated carbocycles. The number of carbonyl (C=O) groups is 3. The number of carboxylic acid groups (broad SMARTS) is 1. The van der Waals surface area contributed by atoms with E-state index in [1.807, 2.05) is 27.7 Å². The molecule has 0 unspecified atom stereocenters. The van der Waals surface area contributed by atoms with Crippen molar-refractivity contribution in [3.63, 3.8) is 0 Å². The zero-order chi connectivity index (χ0) is 19.9. The summed E-state index contributed by atoms with van der Waals surface area (Å²) in [5, 5.41) is 14.5. The van der Waals surface area contributed by atoms with Gasteiger partial charge in [-0.25, -0.2) is 9.78 Å². The maximum atomic E-state index is 12.7. The number of carbonyl (C=O) groups excluding carboxylic acids is 2. The number of hydrogen-bond donors (Lipinski definition) is 5. The molecule has 0 aliphatic heterocycles. The monoisotopic (exact) mass is 367 g/mol. The van der Waals surface area contributed by atoms with Crippen LogP contribution in [-0.2, 0) is 20.8 Å². The number of hydrogen-bond acceptors (Lipinski definition) is 5. The molecule has 0 spiro atoms. The molecule has 1 aromatic rings. The fourth-order valence-corrected chi connectivity index (χ4v) is 2.33. The van der Waals surface area contributed by atoms with Gasteiger partial charge in [-0.1, -0.05) is 34.1 Å². The molecule has 0 radical (unpaired) electrons. The van der Waals surface area contributed by atoms with E-state index in [0.29, 0.717) is 12.1 Å². The molecule has 0 aliphatic carbocycles. The van der Waals surface area contributed by atoms with E-state index < -0.39 is 35.9 Å². The van der Waals surface area contributed by atoms with Gasteiger partial charge >= 0.3 is 5.97 Å². The lowest BCUT2D eigenvalue weighted by Crippen LogP contribution is -2.57. The van der Waals surface area contributed by atoms with Gasteiger partial charge in [0.05, 0.1) is 12.4 Å². The van der Waals surface area contributed by atoms with Crippen LogP contribution in [-0.4, -0.2) is 51.0 Å². The van der Waals surface area contributed by atoms with Crippen molar-refractivity contribution in [2.75, 3.05) is 0 Å². The molecule has 0 saturated heterocycles. The number of carboxylic acids is 1. The summed E-state index contributed by atoms with van der Waals surface area (Å²) in [4.78, 5) is 43.0. The number of nitrogens with one attached hydrogen (secondary N) is 3. The predicted octanol–water partition coefficient (Wildman–Crippen LogP) is 0.0358. The van der Waals surface area contributed by atoms with Crippen LogP contribution >= 0.6 is 0 Å². The predicted molar refractivity (Wildman–Crippen MR) is 96.1 cm³/mol. The molecule has 1 heterocycles. The van der Waals surface area contributed by atoms with Crippen LogP contribution in [0.1, 0.15) is 39.8 Å². The SMILES string of the molecule is CC[C@H](C)[C@H](NC(=O)[C@@H](N)C(C)C)C(=O)N[C@@H](Cc1cnc[nH]1)C(=O)O. The van der Waals surface area contributed by atoms with Crippen LogP contribution in [0.15, 0.2) is 12.5 Å². The lowest BCUT2D eigenvalue weighted by atomic mass is 9.96. The van der Waals surface area contributed by atoms with Crippen LogP contribution < -0.4 is 16.4 Å². The average Bonchev–Trinajstić information content (AvgIpc) is 3.10. The number of aromatic nitrogens is 2. The first-order valence-electron chi connectivity index (χ1n) is 8.73. The summed E-state index contributed by atoms with van der Waals surface area (Å²) >= 11 is 0. The van der Waals surface area contributed by atoms with E-state index in [2.05, 4.69) is 20.6 Å². The van der Waals surface area contributed by atoms with Crippen molar-refractivity contribution < 1.29 is 19.5 Å². The highest BCUT2D eigenvalue weighted by Gasteiger charge is 2.31. The van der Waals surface area contributed by atoms with E-state index in [-0.39, 0.29) is 18.3 Å². The minimum absolute atomic E-state index is 0.0632. The molecule has 0 fully saturated rings. The maximum Gasteiger partial charge on any atom is 0.326 e. The topological polar surface area (TPSA) is 150 Å². The molecule has 4 atom stereocenters. The van der Waals surface area contributed by atoms with Gasteiger partial charge in [0.25, 0.3) is 0 Å². The van der Waals surface area contributed by atoms with Crippen LogP contribution in [0.4, 0.5) is 0 Å². The lowest BCUT2D eigenvalue weighted by Gasteiger charge is -2.27. The maximum absolute atomic E-state index is 12.7. The third-order valence-corrected chi connectivity index (χ3v) is 4.41. The zero-order valence-corrected chi connectivity index (χ0v) is 15.7. The number of aromatic amines is 1. The summed E-state index contributed by atoms with van der Waals surface area (Å²) in [6, 6.07) is -2.74. The molecule has 146 valence electrons. The first-order chi connectivity index (χ1) is 12.2. The van der Waals surface area contributed by atoms with E-state index >= 15 is 0 Å². The summed E-state index contributed by atoms with van der Waals surface area (Å²) in [6.07, 6.45) is 3.63. The van der Waals surface area contributed by atoms with Crippen LogP contribution in [0.25, 0.3) is 0 Å². The number of nitrogens with zero attached hydrogens (tertiary/aromatic N) is 1. The molecule has 0 aliphatic rings. The highest BCUT2D eigenvalue weighted by atomic mass is 16.4. The Kier molecular flexibility index (Phi) is 8.24. The largest absolute Gasteiger partial charge is 0.480 e. The number of rotatable bonds is 10. The van der Waals surface area contributed by atoms with Crippen LogP contribution in [0.3, 0.4) is 0 Å². The lowest BCUT2D eigenvalue weighted by molar-refractivity contribution is -0.142. The van der Waals surface area contributed by atoms with Crippen molar-refractivity contribution in [2.45, 2.75) is 58.7 Å². The van der Waals surface area contributed by atoms with Gasteiger partial charge in [0.2, 0.25) is 11.8 Å². The molecular formula is C17H29N5O4. The van der Waals surface area contributed by atoms with Gasteiger partial charge in [-0.15, -0.1) is 0 Å². The summed E-state index contributed by atoms with van der Waals surface area (Å²) in [7, 11) is 0. The Morgan fingerprint density at radius 3 is 2.35 bits per heavy atom. The van der Waals surface area contributed by atoms with E-state index in [1.54, 1.807) is 0 Å². The first-order valence-corrected chi connectivity index (χ1v) is 8.73. The second-order valence-corrected chi connectivity index (χ2v) is 6.82. The van der Waals surface area contributed by atoms with Crippen molar-refractivity contribution in [3.05, 3.63) is 18.2 Å². The third-order valence-electron chi connectivity index (χ3n) is 4.41. The summed E-state index contributed by atoms with van der Waals surface area (Å²) in [5.74, 6) is -2.40. The zero-order valence-electron chi connectivity index (χ0n) is 15.7. The fraction of sp³-hybridized carbons (Fsp3) is 0.647. The molecule has 0 aromatic carbocycles. The Hall–Kier alpha value is -2.42. The molecule has 1 aromatic heterocycles. The molecule has 9 heteroatoms. The second kappa shape index (κ2) is 9.91. The molecular weight excluding hydrogens is 338 g/mol. The average molecular weight is 367 g/mol. The van der Waals surface area contributed by atoms with Gasteiger partial charge in [-0.05, 0) is 11.8 Å². The van der Waals surface area contributed by atoms with Crippen LogP contribution in [0, 0.1) is 11.8 Å². The molecule has 1 rings (SSSR count). The van der Waals surface area contributed by atoms with Crippen molar-refractivity contribution in [1.82, 2.24) is 20.6 Å². The molecule has 6 N–H and O–H groups in total. The van der Waals surface area contributed by atoms with Crippen LogP contribution in [0.5, 0.6) is 0 Å². The van der Waals surface area contributed by atoms with E-state index in [9.17, 15) is 19.5 Å². The number of imidazole rings is 1. The van der Waals surface area contributed by atoms with Crippen molar-refractivity contribution in [3.8, 4) is 0 Å². The van der Waals surface area contributed by atoms with Gasteiger partial charge in [-0.2, -0.15) is 0 Å². The van der Waals surface area contributed by atoms with Crippen molar-refractivity contribution >= 4 is 17.8 Å². The third kappa shape index (κ3) is 6.14. The molecule has 2 amide bonds. The first kappa shape index (κ1) is 21.6. The second-order valence-electron chi connectivity index (χ2n) is 6.82. The molecule has 0 bridgehead atoms. The van der Waals surface area contributed by atoms with Gasteiger partial charge in [0, 0.05) is 18.3 Å². The Morgan fingerprint density at radius 1 is 1.23 bits per heavy atom. The number of amides is 2. The Balaban J connectivity index is 2.86. The highest BCUT2D eigenvalue weighted by Crippen LogP contribution is 2.10. The summed E-state index contributed by atoms with van der Waals surface area (Å²) < 4.78 is 0. The van der Waals surface area contributed by atoms with E-state index in [1.165, 1.54) is 12.5 Å². The quantitative estimate of drug-likeness (QED) is 0.394. The normalized spacial score (nSPS) is 15.8.